The van der Waals surface area contributed by atoms with Gasteiger partial charge in [0, 0.05) is 27.3 Å². The van der Waals surface area contributed by atoms with Gasteiger partial charge in [0.15, 0.2) is 0 Å². The number of rotatable bonds is 1. The second kappa shape index (κ2) is 3.73. The number of hydrogen-bond donors (Lipinski definition) is 1. The third kappa shape index (κ3) is 1.63. The van der Waals surface area contributed by atoms with E-state index in [1.54, 1.807) is 0 Å². The molecule has 64 valence electrons. The van der Waals surface area contributed by atoms with Crippen molar-refractivity contribution in [2.24, 2.45) is 5.73 Å². The van der Waals surface area contributed by atoms with Gasteiger partial charge in [0.05, 0.1) is 0 Å². The van der Waals surface area contributed by atoms with Gasteiger partial charge in [-0.25, -0.2) is 0 Å². The van der Waals surface area contributed by atoms with Crippen molar-refractivity contribution in [3.8, 4) is 0 Å². The van der Waals surface area contributed by atoms with Crippen LogP contribution in [0.15, 0.2) is 34.1 Å². The van der Waals surface area contributed by atoms with E-state index in [1.165, 1.54) is 9.79 Å². The summed E-state index contributed by atoms with van der Waals surface area (Å²) in [6, 6.07) is 8.54. The summed E-state index contributed by atoms with van der Waals surface area (Å²) in [7, 11) is 0. The van der Waals surface area contributed by atoms with Crippen LogP contribution in [0.3, 0.4) is 0 Å². The molecule has 0 radical (unpaired) electrons. The average Bonchev–Trinajstić information content (AvgIpc) is 2.17. The number of thioether (sulfide) groups is 2. The fourth-order valence-electron chi connectivity index (χ4n) is 1.18. The zero-order valence-electron chi connectivity index (χ0n) is 6.69. The molecule has 0 saturated carbocycles. The van der Waals surface area contributed by atoms with E-state index >= 15 is 0 Å². The number of benzene rings is 1. The molecular formula is C9H11NS2. The highest BCUT2D eigenvalue weighted by atomic mass is 32.2. The molecule has 1 nitrogen and oxygen atoms in total. The number of nitrogens with two attached hydrogens (primary N) is 1. The van der Waals surface area contributed by atoms with E-state index in [-0.39, 0.29) is 0 Å². The molecule has 0 aliphatic carbocycles. The zero-order chi connectivity index (χ0) is 8.39. The lowest BCUT2D eigenvalue weighted by molar-refractivity contribution is 0.949. The standard InChI is InChI=1S/C9H11NS2/c10-5-7-6-11-8-3-1-2-4-9(8)12-7/h1-4,7H,5-6,10H2. The Hall–Kier alpha value is -0.120. The first-order valence-electron chi connectivity index (χ1n) is 3.98. The van der Waals surface area contributed by atoms with Gasteiger partial charge in [-0.1, -0.05) is 12.1 Å². The SMILES string of the molecule is NCC1CSc2ccccc2S1. The minimum absolute atomic E-state index is 0.602. The molecule has 0 amide bonds. The third-order valence-electron chi connectivity index (χ3n) is 1.83. The molecule has 1 atom stereocenters. The maximum atomic E-state index is 5.63. The Balaban J connectivity index is 2.23. The van der Waals surface area contributed by atoms with Crippen molar-refractivity contribution >= 4 is 23.5 Å². The van der Waals surface area contributed by atoms with Gasteiger partial charge in [-0.3, -0.25) is 0 Å². The monoisotopic (exact) mass is 197 g/mol. The highest BCUT2D eigenvalue weighted by Gasteiger charge is 2.17. The lowest BCUT2D eigenvalue weighted by Gasteiger charge is -2.21. The van der Waals surface area contributed by atoms with Gasteiger partial charge in [0.25, 0.3) is 0 Å². The summed E-state index contributed by atoms with van der Waals surface area (Å²) in [6.07, 6.45) is 0. The smallest absolute Gasteiger partial charge is 0.0311 e. The predicted molar refractivity (Wildman–Crippen MR) is 55.9 cm³/mol. The second-order valence-electron chi connectivity index (χ2n) is 2.73. The van der Waals surface area contributed by atoms with Crippen molar-refractivity contribution in [3.05, 3.63) is 24.3 Å². The molecule has 1 aliphatic rings. The molecule has 0 fully saturated rings. The average molecular weight is 197 g/mol. The summed E-state index contributed by atoms with van der Waals surface area (Å²) in [4.78, 5) is 2.80. The van der Waals surface area contributed by atoms with Crippen molar-refractivity contribution < 1.29 is 0 Å². The van der Waals surface area contributed by atoms with Crippen molar-refractivity contribution in [1.82, 2.24) is 0 Å². The molecule has 1 aliphatic heterocycles. The minimum atomic E-state index is 0.602. The molecular weight excluding hydrogens is 186 g/mol. The molecule has 0 aromatic heterocycles. The van der Waals surface area contributed by atoms with Crippen LogP contribution in [0, 0.1) is 0 Å². The summed E-state index contributed by atoms with van der Waals surface area (Å²) < 4.78 is 0. The highest BCUT2D eigenvalue weighted by molar-refractivity contribution is 8.06. The lowest BCUT2D eigenvalue weighted by atomic mass is 10.4. The first kappa shape index (κ1) is 8.48. The summed E-state index contributed by atoms with van der Waals surface area (Å²) in [5.41, 5.74) is 5.63. The van der Waals surface area contributed by atoms with E-state index in [4.69, 9.17) is 5.73 Å². The summed E-state index contributed by atoms with van der Waals surface area (Å²) in [5, 5.41) is 0.602. The molecule has 12 heavy (non-hydrogen) atoms. The van der Waals surface area contributed by atoms with Crippen LogP contribution in [0.4, 0.5) is 0 Å². The van der Waals surface area contributed by atoms with E-state index in [9.17, 15) is 0 Å². The Kier molecular flexibility index (Phi) is 2.63. The largest absolute Gasteiger partial charge is 0.329 e. The molecule has 1 aromatic carbocycles. The quantitative estimate of drug-likeness (QED) is 0.747. The van der Waals surface area contributed by atoms with Gasteiger partial charge in [-0.15, -0.1) is 23.5 Å². The van der Waals surface area contributed by atoms with E-state index < -0.39 is 0 Å². The number of fused-ring (bicyclic) bond motifs is 1. The van der Waals surface area contributed by atoms with E-state index in [2.05, 4.69) is 24.3 Å². The second-order valence-corrected chi connectivity index (χ2v) is 5.14. The molecule has 1 heterocycles. The van der Waals surface area contributed by atoms with E-state index in [0.29, 0.717) is 5.25 Å². The van der Waals surface area contributed by atoms with Gasteiger partial charge < -0.3 is 5.73 Å². The number of hydrogen-bond acceptors (Lipinski definition) is 3. The minimum Gasteiger partial charge on any atom is -0.329 e. The predicted octanol–water partition coefficient (Wildman–Crippen LogP) is 2.21. The van der Waals surface area contributed by atoms with Gasteiger partial charge >= 0.3 is 0 Å². The maximum Gasteiger partial charge on any atom is 0.0311 e. The van der Waals surface area contributed by atoms with Crippen LogP contribution in [0.25, 0.3) is 0 Å². The molecule has 2 N–H and O–H groups in total. The van der Waals surface area contributed by atoms with Crippen LogP contribution in [-0.4, -0.2) is 17.5 Å². The molecule has 0 saturated heterocycles. The molecule has 1 unspecified atom stereocenters. The molecule has 0 bridgehead atoms. The Morgan fingerprint density at radius 3 is 2.83 bits per heavy atom. The molecule has 2 rings (SSSR count). The molecule has 1 aromatic rings. The fourth-order valence-corrected chi connectivity index (χ4v) is 3.66. The van der Waals surface area contributed by atoms with Crippen molar-refractivity contribution in [2.45, 2.75) is 15.0 Å². The van der Waals surface area contributed by atoms with Crippen LogP contribution < -0.4 is 5.73 Å². The third-order valence-corrected chi connectivity index (χ3v) is 4.71. The van der Waals surface area contributed by atoms with Gasteiger partial charge in [0.2, 0.25) is 0 Å². The van der Waals surface area contributed by atoms with Gasteiger partial charge in [-0.05, 0) is 12.1 Å². The summed E-state index contributed by atoms with van der Waals surface area (Å²) >= 11 is 3.83. The first-order valence-corrected chi connectivity index (χ1v) is 5.85. The van der Waals surface area contributed by atoms with Crippen LogP contribution in [0.1, 0.15) is 0 Å². The van der Waals surface area contributed by atoms with Gasteiger partial charge in [0.1, 0.15) is 0 Å². The Bertz CT molecular complexity index is 275. The highest BCUT2D eigenvalue weighted by Crippen LogP contribution is 2.39. The first-order chi connectivity index (χ1) is 5.90. The van der Waals surface area contributed by atoms with E-state index in [1.807, 2.05) is 23.5 Å². The Morgan fingerprint density at radius 2 is 2.08 bits per heavy atom. The molecule has 0 spiro atoms. The zero-order valence-corrected chi connectivity index (χ0v) is 8.33. The topological polar surface area (TPSA) is 26.0 Å². The Labute approximate surface area is 81.1 Å². The van der Waals surface area contributed by atoms with Crippen LogP contribution >= 0.6 is 23.5 Å². The van der Waals surface area contributed by atoms with Crippen molar-refractivity contribution in [1.29, 1.82) is 0 Å². The van der Waals surface area contributed by atoms with Crippen molar-refractivity contribution in [3.63, 3.8) is 0 Å². The van der Waals surface area contributed by atoms with Crippen LogP contribution in [0.5, 0.6) is 0 Å². The van der Waals surface area contributed by atoms with Crippen LogP contribution in [-0.2, 0) is 0 Å². The summed E-state index contributed by atoms with van der Waals surface area (Å²) in [5.74, 6) is 1.15. The Morgan fingerprint density at radius 1 is 1.33 bits per heavy atom. The van der Waals surface area contributed by atoms with E-state index in [0.717, 1.165) is 12.3 Å². The fraction of sp³-hybridized carbons (Fsp3) is 0.333. The van der Waals surface area contributed by atoms with Crippen molar-refractivity contribution in [2.75, 3.05) is 12.3 Å². The molecule has 3 heteroatoms. The normalized spacial score (nSPS) is 21.9. The maximum absolute atomic E-state index is 5.63. The summed E-state index contributed by atoms with van der Waals surface area (Å²) in [6.45, 7) is 0.784. The van der Waals surface area contributed by atoms with Crippen LogP contribution in [0.2, 0.25) is 0 Å². The lowest BCUT2D eigenvalue weighted by Crippen LogP contribution is -2.21. The van der Waals surface area contributed by atoms with Gasteiger partial charge in [-0.2, -0.15) is 0 Å².